The molecule has 1 saturated heterocycles. The highest BCUT2D eigenvalue weighted by Gasteiger charge is 2.74. The first kappa shape index (κ1) is 33.2. The van der Waals surface area contributed by atoms with Crippen molar-refractivity contribution >= 4 is 41.1 Å². The Kier molecular flexibility index (Phi) is 8.13. The Morgan fingerprint density at radius 1 is 1.09 bits per heavy atom. The van der Waals surface area contributed by atoms with Gasteiger partial charge in [0.15, 0.2) is 34.7 Å². The summed E-state index contributed by atoms with van der Waals surface area (Å²) in [4.78, 5) is 97.9. The lowest BCUT2D eigenvalue weighted by atomic mass is 9.49. The number of likely N-dealkylation sites (tertiary alicyclic amines) is 1. The number of carbonyl (C=O) groups is 7. The summed E-state index contributed by atoms with van der Waals surface area (Å²) in [5, 5.41) is 22.8. The molecule has 46 heavy (non-hydrogen) atoms. The van der Waals surface area contributed by atoms with Crippen LogP contribution in [0, 0.1) is 23.7 Å². The molecule has 2 amide bonds. The van der Waals surface area contributed by atoms with Gasteiger partial charge in [-0.05, 0) is 65.3 Å². The molecule has 1 heterocycles. The van der Waals surface area contributed by atoms with E-state index in [1.807, 2.05) is 0 Å². The van der Waals surface area contributed by atoms with Gasteiger partial charge in [0.05, 0.1) is 23.4 Å². The van der Waals surface area contributed by atoms with Crippen LogP contribution in [0.25, 0.3) is 0 Å². The SMILES string of the molecule is CC1c2cccc(O)c2C(=O)C2C(=O)C3(O)C(=O)C(C(N)=O)C(=O)C(N(C)C)C3C(OC(=O)C3CCCN3C(=O)OC(C)(C)C)C21. The van der Waals surface area contributed by atoms with Crippen LogP contribution in [0.5, 0.6) is 5.75 Å². The van der Waals surface area contributed by atoms with Gasteiger partial charge in [-0.3, -0.25) is 33.8 Å². The van der Waals surface area contributed by atoms with Gasteiger partial charge in [0.1, 0.15) is 23.5 Å². The standard InChI is InChI=1S/C32H39N3O11/c1-13-14-9-7-11-16(36)18(14)23(37)19-17(13)25(45-29(42)15-10-8-12-35(15)30(43)46-31(2,3)4)21-22(34(5)6)24(38)20(28(33)41)27(40)32(21,44)26(19)39/h7,9,11,13,15,17,19-22,25,36,44H,8,10,12H2,1-6H3,(H2,33,41). The molecule has 5 rings (SSSR count). The maximum atomic E-state index is 14.3. The predicted octanol–water partition coefficient (Wildman–Crippen LogP) is 0.349. The largest absolute Gasteiger partial charge is 0.507 e. The molecule has 248 valence electrons. The minimum absolute atomic E-state index is 0.177. The number of nitrogens with zero attached hydrogens (tertiary/aromatic N) is 2. The van der Waals surface area contributed by atoms with Gasteiger partial charge in [0.25, 0.3) is 0 Å². The number of Topliss-reactive ketones (excluding diaryl/α,β-unsaturated/α-hetero) is 4. The number of primary amides is 1. The highest BCUT2D eigenvalue weighted by Crippen LogP contribution is 2.55. The maximum Gasteiger partial charge on any atom is 0.411 e. The fraction of sp³-hybridized carbons (Fsp3) is 0.594. The zero-order chi connectivity index (χ0) is 34.2. The van der Waals surface area contributed by atoms with E-state index in [1.54, 1.807) is 33.8 Å². The quantitative estimate of drug-likeness (QED) is 0.300. The van der Waals surface area contributed by atoms with Crippen molar-refractivity contribution in [1.29, 1.82) is 0 Å². The number of aliphatic hydroxyl groups is 1. The average molecular weight is 642 g/mol. The Balaban J connectivity index is 1.68. The Hall–Kier alpha value is -4.17. The number of hydrogen-bond donors (Lipinski definition) is 3. The molecular weight excluding hydrogens is 602 g/mol. The fourth-order valence-corrected chi connectivity index (χ4v) is 7.83. The molecule has 1 aromatic rings. The number of aromatic hydroxyl groups is 1. The maximum absolute atomic E-state index is 14.3. The molecule has 1 aromatic carbocycles. The lowest BCUT2D eigenvalue weighted by Crippen LogP contribution is -2.78. The molecule has 0 spiro atoms. The Labute approximate surface area is 265 Å². The zero-order valence-electron chi connectivity index (χ0n) is 26.5. The third-order valence-electron chi connectivity index (χ3n) is 9.73. The van der Waals surface area contributed by atoms with E-state index in [4.69, 9.17) is 15.2 Å². The number of amides is 2. The van der Waals surface area contributed by atoms with Crippen molar-refractivity contribution in [2.24, 2.45) is 29.4 Å². The van der Waals surface area contributed by atoms with Crippen molar-refractivity contribution in [3.8, 4) is 5.75 Å². The van der Waals surface area contributed by atoms with Gasteiger partial charge in [0, 0.05) is 12.5 Å². The molecule has 14 nitrogen and oxygen atoms in total. The Morgan fingerprint density at radius 3 is 2.33 bits per heavy atom. The number of ketones is 4. The average Bonchev–Trinajstić information content (AvgIpc) is 3.44. The van der Waals surface area contributed by atoms with Gasteiger partial charge in [-0.15, -0.1) is 0 Å². The first-order valence-corrected chi connectivity index (χ1v) is 15.2. The highest BCUT2D eigenvalue weighted by molar-refractivity contribution is 6.32. The van der Waals surface area contributed by atoms with Crippen LogP contribution in [-0.2, 0) is 33.4 Å². The lowest BCUT2D eigenvalue weighted by molar-refractivity contribution is -0.207. The normalized spacial score (nSPS) is 34.1. The van der Waals surface area contributed by atoms with Gasteiger partial charge in [-0.25, -0.2) is 9.59 Å². The van der Waals surface area contributed by atoms with E-state index in [1.165, 1.54) is 36.0 Å². The van der Waals surface area contributed by atoms with Crippen LogP contribution >= 0.6 is 0 Å². The molecule has 4 N–H and O–H groups in total. The van der Waals surface area contributed by atoms with Crippen molar-refractivity contribution in [1.82, 2.24) is 9.80 Å². The summed E-state index contributed by atoms with van der Waals surface area (Å²) in [7, 11) is 2.85. The molecule has 3 aliphatic carbocycles. The molecule has 0 aromatic heterocycles. The number of hydrogen-bond acceptors (Lipinski definition) is 12. The van der Waals surface area contributed by atoms with Crippen LogP contribution in [0.15, 0.2) is 18.2 Å². The number of esters is 1. The van der Waals surface area contributed by atoms with Gasteiger partial charge >= 0.3 is 12.1 Å². The number of benzene rings is 1. The molecule has 14 heteroatoms. The van der Waals surface area contributed by atoms with E-state index in [-0.39, 0.29) is 18.5 Å². The summed E-state index contributed by atoms with van der Waals surface area (Å²) in [5.74, 6) is -15.2. The molecular formula is C32H39N3O11. The van der Waals surface area contributed by atoms with E-state index in [9.17, 15) is 43.8 Å². The van der Waals surface area contributed by atoms with Crippen LogP contribution in [0.4, 0.5) is 4.79 Å². The lowest BCUT2D eigenvalue weighted by Gasteiger charge is -2.56. The molecule has 0 bridgehead atoms. The minimum Gasteiger partial charge on any atom is -0.507 e. The summed E-state index contributed by atoms with van der Waals surface area (Å²) < 4.78 is 11.6. The van der Waals surface area contributed by atoms with E-state index in [0.717, 1.165) is 0 Å². The van der Waals surface area contributed by atoms with Crippen molar-refractivity contribution in [2.45, 2.75) is 75.8 Å². The number of likely N-dealkylation sites (N-methyl/N-ethyl adjacent to an activating group) is 1. The third-order valence-corrected chi connectivity index (χ3v) is 9.73. The molecule has 9 atom stereocenters. The van der Waals surface area contributed by atoms with Crippen molar-refractivity contribution < 1.29 is 53.2 Å². The van der Waals surface area contributed by atoms with Gasteiger partial charge in [-0.1, -0.05) is 19.1 Å². The van der Waals surface area contributed by atoms with Crippen LogP contribution in [0.2, 0.25) is 0 Å². The Morgan fingerprint density at radius 2 is 1.74 bits per heavy atom. The molecule has 4 aliphatic rings. The van der Waals surface area contributed by atoms with Crippen molar-refractivity contribution in [3.05, 3.63) is 29.3 Å². The summed E-state index contributed by atoms with van der Waals surface area (Å²) in [6.45, 7) is 6.83. The molecule has 0 radical (unpaired) electrons. The number of carbonyl (C=O) groups excluding carboxylic acids is 7. The molecule has 1 aliphatic heterocycles. The highest BCUT2D eigenvalue weighted by atomic mass is 16.6. The Bertz CT molecular complexity index is 1550. The summed E-state index contributed by atoms with van der Waals surface area (Å²) in [5.41, 5.74) is 1.58. The van der Waals surface area contributed by atoms with Crippen LogP contribution < -0.4 is 5.73 Å². The molecule has 9 unspecified atom stereocenters. The number of rotatable bonds is 4. The monoisotopic (exact) mass is 641 g/mol. The molecule has 3 fully saturated rings. The van der Waals surface area contributed by atoms with E-state index >= 15 is 0 Å². The molecule has 2 saturated carbocycles. The van der Waals surface area contributed by atoms with Crippen LogP contribution in [0.3, 0.4) is 0 Å². The second-order valence-corrected chi connectivity index (χ2v) is 13.8. The van der Waals surface area contributed by atoms with E-state index in [2.05, 4.69) is 0 Å². The predicted molar refractivity (Wildman–Crippen MR) is 157 cm³/mol. The van der Waals surface area contributed by atoms with Gasteiger partial charge < -0.3 is 25.4 Å². The third kappa shape index (κ3) is 4.89. The first-order valence-electron chi connectivity index (χ1n) is 15.2. The van der Waals surface area contributed by atoms with Gasteiger partial charge in [0.2, 0.25) is 5.91 Å². The summed E-state index contributed by atoms with van der Waals surface area (Å²) >= 11 is 0. The topological polar surface area (TPSA) is 211 Å². The number of fused-ring (bicyclic) bond motifs is 3. The summed E-state index contributed by atoms with van der Waals surface area (Å²) in [6, 6.07) is 1.67. The minimum atomic E-state index is -3.15. The first-order chi connectivity index (χ1) is 21.3. The van der Waals surface area contributed by atoms with Crippen LogP contribution in [-0.4, -0.2) is 111 Å². The second kappa shape index (κ2) is 11.3. The van der Waals surface area contributed by atoms with Gasteiger partial charge in [-0.2, -0.15) is 0 Å². The second-order valence-electron chi connectivity index (χ2n) is 13.8. The number of phenolic OH excluding ortho intramolecular Hbond substituents is 1. The summed E-state index contributed by atoms with van der Waals surface area (Å²) in [6.07, 6.45) is -1.76. The fourth-order valence-electron chi connectivity index (χ4n) is 7.83. The smallest absolute Gasteiger partial charge is 0.411 e. The van der Waals surface area contributed by atoms with Crippen molar-refractivity contribution in [3.63, 3.8) is 0 Å². The number of phenols is 1. The van der Waals surface area contributed by atoms with E-state index in [0.29, 0.717) is 12.0 Å². The zero-order valence-corrected chi connectivity index (χ0v) is 26.5. The van der Waals surface area contributed by atoms with Crippen molar-refractivity contribution in [2.75, 3.05) is 20.6 Å². The van der Waals surface area contributed by atoms with E-state index < -0.39 is 106 Å². The number of ether oxygens (including phenoxy) is 2. The van der Waals surface area contributed by atoms with Crippen LogP contribution in [0.1, 0.15) is 62.4 Å². The number of nitrogens with two attached hydrogens (primary N) is 1.